The van der Waals surface area contributed by atoms with Crippen molar-refractivity contribution in [3.63, 3.8) is 0 Å². The molecule has 98 valence electrons. The molecule has 0 spiro atoms. The van der Waals surface area contributed by atoms with Gasteiger partial charge in [-0.25, -0.2) is 9.59 Å². The lowest BCUT2D eigenvalue weighted by Gasteiger charge is -2.12. The Morgan fingerprint density at radius 2 is 1.53 bits per heavy atom. The van der Waals surface area contributed by atoms with Gasteiger partial charge in [-0.15, -0.1) is 0 Å². The Labute approximate surface area is 102 Å². The maximum Gasteiger partial charge on any atom is 0.332 e. The monoisotopic (exact) mass is 242 g/mol. The van der Waals surface area contributed by atoms with Gasteiger partial charge in [0.15, 0.2) is 0 Å². The summed E-state index contributed by atoms with van der Waals surface area (Å²) in [5.41, 5.74) is 0.0782. The van der Waals surface area contributed by atoms with E-state index in [1.165, 1.54) is 0 Å². The molecule has 0 aliphatic rings. The molecular formula is C13H22O4. The molecule has 0 fully saturated rings. The standard InChI is InChI=1S/C13H22O4/c1-8(2)6-5-7-10(12(14)15)11(9(3)4)13(16)17/h8-9H,5-7H2,1-4H3,(H,14,15)(H,16,17). The van der Waals surface area contributed by atoms with Crippen molar-refractivity contribution >= 4 is 11.9 Å². The zero-order valence-corrected chi connectivity index (χ0v) is 11.0. The summed E-state index contributed by atoms with van der Waals surface area (Å²) in [6, 6.07) is 0. The molecule has 0 amide bonds. The summed E-state index contributed by atoms with van der Waals surface area (Å²) in [5.74, 6) is -2.02. The SMILES string of the molecule is CC(C)CCCC(C(=O)O)=C(C(=O)O)C(C)C. The van der Waals surface area contributed by atoms with Gasteiger partial charge >= 0.3 is 11.9 Å². The summed E-state index contributed by atoms with van der Waals surface area (Å²) >= 11 is 0. The molecule has 0 aromatic rings. The molecule has 0 aromatic heterocycles. The number of carboxylic acid groups (broad SMARTS) is 2. The molecule has 4 nitrogen and oxygen atoms in total. The number of carboxylic acids is 2. The molecule has 0 atom stereocenters. The second-order valence-corrected chi connectivity index (χ2v) is 4.94. The van der Waals surface area contributed by atoms with E-state index < -0.39 is 11.9 Å². The van der Waals surface area contributed by atoms with Gasteiger partial charge in [0.25, 0.3) is 0 Å². The van der Waals surface area contributed by atoms with Gasteiger partial charge in [-0.1, -0.05) is 34.1 Å². The summed E-state index contributed by atoms with van der Waals surface area (Å²) in [7, 11) is 0. The van der Waals surface area contributed by atoms with E-state index >= 15 is 0 Å². The predicted octanol–water partition coefficient (Wildman–Crippen LogP) is 2.93. The van der Waals surface area contributed by atoms with Crippen molar-refractivity contribution in [1.29, 1.82) is 0 Å². The van der Waals surface area contributed by atoms with Gasteiger partial charge in [0.05, 0.1) is 0 Å². The first-order chi connectivity index (χ1) is 7.77. The smallest absolute Gasteiger partial charge is 0.332 e. The normalized spacial score (nSPS) is 12.8. The Kier molecular flexibility index (Phi) is 6.54. The van der Waals surface area contributed by atoms with Crippen molar-refractivity contribution in [2.24, 2.45) is 11.8 Å². The van der Waals surface area contributed by atoms with Crippen molar-refractivity contribution in [3.05, 3.63) is 11.1 Å². The van der Waals surface area contributed by atoms with Crippen molar-refractivity contribution < 1.29 is 19.8 Å². The maximum absolute atomic E-state index is 11.1. The van der Waals surface area contributed by atoms with Crippen LogP contribution in [0, 0.1) is 11.8 Å². The molecular weight excluding hydrogens is 220 g/mol. The summed E-state index contributed by atoms with van der Waals surface area (Å²) in [6.45, 7) is 7.53. The lowest BCUT2D eigenvalue weighted by molar-refractivity contribution is -0.136. The lowest BCUT2D eigenvalue weighted by atomic mass is 9.93. The van der Waals surface area contributed by atoms with Gasteiger partial charge in [0.1, 0.15) is 0 Å². The van der Waals surface area contributed by atoms with Crippen LogP contribution in [0.25, 0.3) is 0 Å². The fraction of sp³-hybridized carbons (Fsp3) is 0.692. The van der Waals surface area contributed by atoms with E-state index in [4.69, 9.17) is 10.2 Å². The molecule has 0 rings (SSSR count). The summed E-state index contributed by atoms with van der Waals surface area (Å²) in [6.07, 6.45) is 1.94. The highest BCUT2D eigenvalue weighted by molar-refractivity contribution is 5.99. The van der Waals surface area contributed by atoms with Gasteiger partial charge in [-0.2, -0.15) is 0 Å². The second-order valence-electron chi connectivity index (χ2n) is 4.94. The third-order valence-corrected chi connectivity index (χ3v) is 2.60. The Morgan fingerprint density at radius 3 is 1.82 bits per heavy atom. The van der Waals surface area contributed by atoms with Gasteiger partial charge in [0.2, 0.25) is 0 Å². The fourth-order valence-corrected chi connectivity index (χ4v) is 1.77. The number of hydrogen-bond acceptors (Lipinski definition) is 2. The van der Waals surface area contributed by atoms with E-state index in [0.717, 1.165) is 6.42 Å². The Balaban J connectivity index is 4.97. The highest BCUT2D eigenvalue weighted by atomic mass is 16.4. The van der Waals surface area contributed by atoms with Crippen molar-refractivity contribution in [1.82, 2.24) is 0 Å². The Bertz CT molecular complexity index is 313. The van der Waals surface area contributed by atoms with Crippen molar-refractivity contribution in [2.75, 3.05) is 0 Å². The largest absolute Gasteiger partial charge is 0.478 e. The molecule has 0 radical (unpaired) electrons. The average Bonchev–Trinajstić information content (AvgIpc) is 2.13. The topological polar surface area (TPSA) is 74.6 Å². The van der Waals surface area contributed by atoms with Crippen LogP contribution in [0.3, 0.4) is 0 Å². The highest BCUT2D eigenvalue weighted by Gasteiger charge is 2.22. The summed E-state index contributed by atoms with van der Waals surface area (Å²) in [5, 5.41) is 18.1. The average molecular weight is 242 g/mol. The maximum atomic E-state index is 11.1. The van der Waals surface area contributed by atoms with E-state index in [9.17, 15) is 9.59 Å². The third-order valence-electron chi connectivity index (χ3n) is 2.60. The third kappa shape index (κ3) is 5.52. The van der Waals surface area contributed by atoms with E-state index in [0.29, 0.717) is 18.8 Å². The first-order valence-corrected chi connectivity index (χ1v) is 5.97. The van der Waals surface area contributed by atoms with Gasteiger partial charge in [-0.05, 0) is 24.7 Å². The molecule has 0 saturated heterocycles. The lowest BCUT2D eigenvalue weighted by Crippen LogP contribution is -2.16. The molecule has 0 aromatic carbocycles. The molecule has 0 unspecified atom stereocenters. The number of aliphatic carboxylic acids is 2. The first kappa shape index (κ1) is 15.7. The molecule has 17 heavy (non-hydrogen) atoms. The van der Waals surface area contributed by atoms with Crippen LogP contribution >= 0.6 is 0 Å². The van der Waals surface area contributed by atoms with Crippen LogP contribution < -0.4 is 0 Å². The second kappa shape index (κ2) is 7.09. The highest BCUT2D eigenvalue weighted by Crippen LogP contribution is 2.21. The van der Waals surface area contributed by atoms with Crippen LogP contribution in [-0.2, 0) is 9.59 Å². The molecule has 4 heteroatoms. The van der Waals surface area contributed by atoms with Crippen LogP contribution in [-0.4, -0.2) is 22.2 Å². The van der Waals surface area contributed by atoms with Gasteiger partial charge in [0, 0.05) is 11.1 Å². The minimum atomic E-state index is -1.12. The zero-order chi connectivity index (χ0) is 13.6. The predicted molar refractivity (Wildman–Crippen MR) is 65.8 cm³/mol. The zero-order valence-electron chi connectivity index (χ0n) is 11.0. The van der Waals surface area contributed by atoms with E-state index in [1.54, 1.807) is 13.8 Å². The molecule has 0 saturated carbocycles. The van der Waals surface area contributed by atoms with Crippen LogP contribution in [0.1, 0.15) is 47.0 Å². The molecule has 0 aliphatic carbocycles. The number of carbonyl (C=O) groups is 2. The van der Waals surface area contributed by atoms with E-state index in [2.05, 4.69) is 13.8 Å². The summed E-state index contributed by atoms with van der Waals surface area (Å²) < 4.78 is 0. The van der Waals surface area contributed by atoms with E-state index in [-0.39, 0.29) is 17.1 Å². The molecule has 0 bridgehead atoms. The van der Waals surface area contributed by atoms with Crippen molar-refractivity contribution in [2.45, 2.75) is 47.0 Å². The van der Waals surface area contributed by atoms with Crippen LogP contribution in [0.5, 0.6) is 0 Å². The van der Waals surface area contributed by atoms with Crippen molar-refractivity contribution in [3.8, 4) is 0 Å². The molecule has 0 heterocycles. The number of rotatable bonds is 7. The minimum absolute atomic E-state index is 0.0289. The van der Waals surface area contributed by atoms with Crippen LogP contribution in [0.15, 0.2) is 11.1 Å². The molecule has 0 aliphatic heterocycles. The Morgan fingerprint density at radius 1 is 1.00 bits per heavy atom. The minimum Gasteiger partial charge on any atom is -0.478 e. The first-order valence-electron chi connectivity index (χ1n) is 5.97. The quantitative estimate of drug-likeness (QED) is 0.673. The molecule has 2 N–H and O–H groups in total. The summed E-state index contributed by atoms with van der Waals surface area (Å²) in [4.78, 5) is 22.2. The van der Waals surface area contributed by atoms with Gasteiger partial charge in [-0.3, -0.25) is 0 Å². The number of hydrogen-bond donors (Lipinski definition) is 2. The van der Waals surface area contributed by atoms with Crippen LogP contribution in [0.2, 0.25) is 0 Å². The Hall–Kier alpha value is -1.32. The van der Waals surface area contributed by atoms with E-state index in [1.807, 2.05) is 0 Å². The fourth-order valence-electron chi connectivity index (χ4n) is 1.77. The van der Waals surface area contributed by atoms with Crippen LogP contribution in [0.4, 0.5) is 0 Å². The van der Waals surface area contributed by atoms with Gasteiger partial charge < -0.3 is 10.2 Å².